The molecule has 1 heterocycles. The van der Waals surface area contributed by atoms with Gasteiger partial charge >= 0.3 is 0 Å². The SMILES string of the molecule is CCSCCC(C)N1CCNCC1. The molecule has 1 unspecified atom stereocenters. The summed E-state index contributed by atoms with van der Waals surface area (Å²) in [6.45, 7) is 9.41. The van der Waals surface area contributed by atoms with Crippen LogP contribution in [0, 0.1) is 0 Å². The maximum atomic E-state index is 3.39. The van der Waals surface area contributed by atoms with Crippen LogP contribution in [0.5, 0.6) is 0 Å². The molecule has 0 aliphatic carbocycles. The number of nitrogens with one attached hydrogen (secondary N) is 1. The summed E-state index contributed by atoms with van der Waals surface area (Å²) >= 11 is 2.06. The van der Waals surface area contributed by atoms with Crippen LogP contribution in [0.3, 0.4) is 0 Å². The van der Waals surface area contributed by atoms with E-state index in [9.17, 15) is 0 Å². The van der Waals surface area contributed by atoms with Crippen LogP contribution in [0.2, 0.25) is 0 Å². The molecule has 0 amide bonds. The number of piperazine rings is 1. The van der Waals surface area contributed by atoms with Crippen molar-refractivity contribution in [1.82, 2.24) is 10.2 Å². The molecule has 0 aromatic heterocycles. The zero-order valence-corrected chi connectivity index (χ0v) is 9.70. The van der Waals surface area contributed by atoms with E-state index in [-0.39, 0.29) is 0 Å². The molecule has 3 heteroatoms. The number of nitrogens with zero attached hydrogens (tertiary/aromatic N) is 1. The second-order valence-corrected chi connectivity index (χ2v) is 5.01. The highest BCUT2D eigenvalue weighted by Gasteiger charge is 2.15. The predicted octanol–water partition coefficient (Wildman–Crippen LogP) is 1.42. The Labute approximate surface area is 86.5 Å². The van der Waals surface area contributed by atoms with Crippen molar-refractivity contribution in [3.05, 3.63) is 0 Å². The Bertz CT molecular complexity index is 124. The van der Waals surface area contributed by atoms with Gasteiger partial charge in [-0.3, -0.25) is 4.90 Å². The third-order valence-corrected chi connectivity index (χ3v) is 3.59. The lowest BCUT2D eigenvalue weighted by Gasteiger charge is -2.32. The molecule has 2 nitrogen and oxygen atoms in total. The van der Waals surface area contributed by atoms with Crippen LogP contribution in [0.4, 0.5) is 0 Å². The van der Waals surface area contributed by atoms with E-state index < -0.39 is 0 Å². The summed E-state index contributed by atoms with van der Waals surface area (Å²) in [5.74, 6) is 2.58. The smallest absolute Gasteiger partial charge is 0.0110 e. The Kier molecular flexibility index (Phi) is 5.83. The highest BCUT2D eigenvalue weighted by Crippen LogP contribution is 2.09. The van der Waals surface area contributed by atoms with E-state index in [1.807, 2.05) is 0 Å². The summed E-state index contributed by atoms with van der Waals surface area (Å²) in [4.78, 5) is 2.60. The van der Waals surface area contributed by atoms with Gasteiger partial charge in [0.05, 0.1) is 0 Å². The first-order valence-electron chi connectivity index (χ1n) is 5.37. The molecule has 1 saturated heterocycles. The van der Waals surface area contributed by atoms with Gasteiger partial charge in [-0.05, 0) is 24.9 Å². The first-order valence-corrected chi connectivity index (χ1v) is 6.52. The largest absolute Gasteiger partial charge is 0.314 e. The molecule has 13 heavy (non-hydrogen) atoms. The van der Waals surface area contributed by atoms with E-state index in [0.717, 1.165) is 6.04 Å². The standard InChI is InChI=1S/C10H22N2S/c1-3-13-9-4-10(2)12-7-5-11-6-8-12/h10-11H,3-9H2,1-2H3. The fraction of sp³-hybridized carbons (Fsp3) is 1.00. The van der Waals surface area contributed by atoms with Gasteiger partial charge in [0.2, 0.25) is 0 Å². The van der Waals surface area contributed by atoms with Crippen LogP contribution in [-0.2, 0) is 0 Å². The molecule has 0 bridgehead atoms. The molecule has 0 aromatic carbocycles. The van der Waals surface area contributed by atoms with Crippen molar-refractivity contribution < 1.29 is 0 Å². The average molecular weight is 202 g/mol. The van der Waals surface area contributed by atoms with E-state index in [1.165, 1.54) is 44.1 Å². The summed E-state index contributed by atoms with van der Waals surface area (Å²) in [5, 5.41) is 3.39. The fourth-order valence-corrected chi connectivity index (χ4v) is 2.50. The van der Waals surface area contributed by atoms with Gasteiger partial charge in [-0.25, -0.2) is 0 Å². The van der Waals surface area contributed by atoms with Gasteiger partial charge < -0.3 is 5.32 Å². The third-order valence-electron chi connectivity index (χ3n) is 2.66. The number of rotatable bonds is 5. The molecular formula is C10H22N2S. The van der Waals surface area contributed by atoms with Crippen LogP contribution in [-0.4, -0.2) is 48.6 Å². The minimum atomic E-state index is 0.779. The summed E-state index contributed by atoms with van der Waals surface area (Å²) in [7, 11) is 0. The molecule has 1 aliphatic rings. The van der Waals surface area contributed by atoms with Crippen molar-refractivity contribution in [2.24, 2.45) is 0 Å². The first kappa shape index (κ1) is 11.3. The number of hydrogen-bond donors (Lipinski definition) is 1. The van der Waals surface area contributed by atoms with Crippen molar-refractivity contribution in [1.29, 1.82) is 0 Å². The number of thioether (sulfide) groups is 1. The van der Waals surface area contributed by atoms with Crippen LogP contribution in [0.15, 0.2) is 0 Å². The summed E-state index contributed by atoms with van der Waals surface area (Å²) in [6.07, 6.45) is 1.35. The molecule has 78 valence electrons. The molecule has 0 spiro atoms. The van der Waals surface area contributed by atoms with E-state index in [1.54, 1.807) is 0 Å². The normalized spacial score (nSPS) is 21.7. The van der Waals surface area contributed by atoms with Crippen molar-refractivity contribution in [3.8, 4) is 0 Å². The van der Waals surface area contributed by atoms with Gasteiger partial charge in [0, 0.05) is 32.2 Å². The van der Waals surface area contributed by atoms with Gasteiger partial charge in [-0.1, -0.05) is 6.92 Å². The molecule has 1 rings (SSSR count). The lowest BCUT2D eigenvalue weighted by molar-refractivity contribution is 0.181. The van der Waals surface area contributed by atoms with Crippen LogP contribution in [0.1, 0.15) is 20.3 Å². The fourth-order valence-electron chi connectivity index (χ4n) is 1.70. The molecule has 0 aromatic rings. The summed E-state index contributed by atoms with van der Waals surface area (Å²) in [6, 6.07) is 0.779. The van der Waals surface area contributed by atoms with Crippen LogP contribution in [0.25, 0.3) is 0 Å². The van der Waals surface area contributed by atoms with E-state index in [2.05, 4.69) is 35.8 Å². The zero-order chi connectivity index (χ0) is 9.52. The maximum Gasteiger partial charge on any atom is 0.0110 e. The van der Waals surface area contributed by atoms with Gasteiger partial charge in [-0.2, -0.15) is 11.8 Å². The Morgan fingerprint density at radius 1 is 1.38 bits per heavy atom. The summed E-state index contributed by atoms with van der Waals surface area (Å²) in [5.41, 5.74) is 0. The Hall–Kier alpha value is 0.270. The average Bonchev–Trinajstić information content (AvgIpc) is 2.19. The number of hydrogen-bond acceptors (Lipinski definition) is 3. The molecule has 1 atom stereocenters. The maximum absolute atomic E-state index is 3.39. The molecular weight excluding hydrogens is 180 g/mol. The molecule has 1 N–H and O–H groups in total. The molecule has 1 aliphatic heterocycles. The van der Waals surface area contributed by atoms with Crippen molar-refractivity contribution in [2.75, 3.05) is 37.7 Å². The van der Waals surface area contributed by atoms with Crippen LogP contribution < -0.4 is 5.32 Å². The minimum Gasteiger partial charge on any atom is -0.314 e. The van der Waals surface area contributed by atoms with E-state index >= 15 is 0 Å². The van der Waals surface area contributed by atoms with Crippen molar-refractivity contribution >= 4 is 11.8 Å². The van der Waals surface area contributed by atoms with Gasteiger partial charge in [-0.15, -0.1) is 0 Å². The monoisotopic (exact) mass is 202 g/mol. The van der Waals surface area contributed by atoms with Crippen molar-refractivity contribution in [2.45, 2.75) is 26.3 Å². The van der Waals surface area contributed by atoms with Crippen LogP contribution >= 0.6 is 11.8 Å². The lowest BCUT2D eigenvalue weighted by Crippen LogP contribution is -2.47. The lowest BCUT2D eigenvalue weighted by atomic mass is 10.2. The van der Waals surface area contributed by atoms with Gasteiger partial charge in [0.15, 0.2) is 0 Å². The molecule has 0 saturated carbocycles. The summed E-state index contributed by atoms with van der Waals surface area (Å²) < 4.78 is 0. The second kappa shape index (κ2) is 6.68. The third kappa shape index (κ3) is 4.34. The predicted molar refractivity (Wildman–Crippen MR) is 61.5 cm³/mol. The Morgan fingerprint density at radius 3 is 2.69 bits per heavy atom. The topological polar surface area (TPSA) is 15.3 Å². The van der Waals surface area contributed by atoms with E-state index in [4.69, 9.17) is 0 Å². The highest BCUT2D eigenvalue weighted by atomic mass is 32.2. The first-order chi connectivity index (χ1) is 6.34. The highest BCUT2D eigenvalue weighted by molar-refractivity contribution is 7.99. The molecule has 0 radical (unpaired) electrons. The minimum absolute atomic E-state index is 0.779. The van der Waals surface area contributed by atoms with Gasteiger partial charge in [0.1, 0.15) is 0 Å². The Balaban J connectivity index is 2.09. The van der Waals surface area contributed by atoms with Crippen molar-refractivity contribution in [3.63, 3.8) is 0 Å². The quantitative estimate of drug-likeness (QED) is 0.679. The van der Waals surface area contributed by atoms with E-state index in [0.29, 0.717) is 0 Å². The Morgan fingerprint density at radius 2 is 2.08 bits per heavy atom. The second-order valence-electron chi connectivity index (χ2n) is 3.62. The van der Waals surface area contributed by atoms with Gasteiger partial charge in [0.25, 0.3) is 0 Å². The molecule has 1 fully saturated rings. The zero-order valence-electron chi connectivity index (χ0n) is 8.88.